The van der Waals surface area contributed by atoms with Gasteiger partial charge in [-0.1, -0.05) is 11.6 Å². The summed E-state index contributed by atoms with van der Waals surface area (Å²) >= 11 is 6.04. The smallest absolute Gasteiger partial charge is 0.219 e. The molecule has 0 saturated carbocycles. The monoisotopic (exact) mass is 306 g/mol. The number of methoxy groups -OCH3 is 1. The lowest BCUT2D eigenvalue weighted by Crippen LogP contribution is -2.18. The van der Waals surface area contributed by atoms with E-state index in [0.717, 1.165) is 16.9 Å². The third-order valence-electron chi connectivity index (χ3n) is 2.99. The average Bonchev–Trinajstić information content (AvgIpc) is 2.46. The summed E-state index contributed by atoms with van der Waals surface area (Å²) in [5, 5.41) is 0.678. The van der Waals surface area contributed by atoms with Crippen LogP contribution in [0.2, 0.25) is 5.02 Å². The lowest BCUT2D eigenvalue weighted by atomic mass is 10.1. The fourth-order valence-electron chi connectivity index (χ4n) is 2.07. The summed E-state index contributed by atoms with van der Waals surface area (Å²) < 4.78 is 11.1. The Balaban J connectivity index is 2.16. The minimum atomic E-state index is 0.0405. The number of hydrogen-bond donors (Lipinski definition) is 1. The van der Waals surface area contributed by atoms with Crippen molar-refractivity contribution in [2.75, 3.05) is 7.11 Å². The van der Waals surface area contributed by atoms with Crippen molar-refractivity contribution in [2.24, 2.45) is 5.73 Å². The first-order chi connectivity index (χ1) is 10.1. The van der Waals surface area contributed by atoms with Crippen LogP contribution in [-0.2, 0) is 13.0 Å². The van der Waals surface area contributed by atoms with Crippen LogP contribution in [0.1, 0.15) is 18.1 Å². The van der Waals surface area contributed by atoms with E-state index in [1.165, 1.54) is 0 Å². The molecule has 2 aromatic rings. The molecule has 5 heteroatoms. The van der Waals surface area contributed by atoms with Crippen LogP contribution in [0.25, 0.3) is 0 Å². The van der Waals surface area contributed by atoms with Crippen LogP contribution >= 0.6 is 11.6 Å². The van der Waals surface area contributed by atoms with E-state index in [2.05, 4.69) is 4.98 Å². The van der Waals surface area contributed by atoms with Gasteiger partial charge in [0.1, 0.15) is 12.4 Å². The average molecular weight is 307 g/mol. The minimum absolute atomic E-state index is 0.0405. The molecular weight excluding hydrogens is 288 g/mol. The topological polar surface area (TPSA) is 57.4 Å². The summed E-state index contributed by atoms with van der Waals surface area (Å²) in [4.78, 5) is 4.15. The van der Waals surface area contributed by atoms with Crippen LogP contribution in [0.4, 0.5) is 0 Å². The Morgan fingerprint density at radius 3 is 2.81 bits per heavy atom. The molecule has 2 rings (SSSR count). The number of hydrogen-bond acceptors (Lipinski definition) is 4. The fraction of sp³-hybridized carbons (Fsp3) is 0.312. The van der Waals surface area contributed by atoms with Crippen molar-refractivity contribution in [3.8, 4) is 11.6 Å². The van der Waals surface area contributed by atoms with Gasteiger partial charge in [-0.25, -0.2) is 4.98 Å². The number of ether oxygens (including phenoxy) is 2. The molecular formula is C16H19ClN2O2. The molecule has 0 amide bonds. The van der Waals surface area contributed by atoms with Gasteiger partial charge in [-0.05, 0) is 49.2 Å². The first-order valence-electron chi connectivity index (χ1n) is 6.75. The molecule has 0 aliphatic carbocycles. The number of nitrogens with zero attached hydrogens (tertiary/aromatic N) is 1. The second-order valence-electron chi connectivity index (χ2n) is 4.89. The molecule has 1 aromatic heterocycles. The summed E-state index contributed by atoms with van der Waals surface area (Å²) in [7, 11) is 1.59. The van der Waals surface area contributed by atoms with Crippen molar-refractivity contribution in [3.05, 3.63) is 52.7 Å². The van der Waals surface area contributed by atoms with Gasteiger partial charge in [0.25, 0.3) is 0 Å². The summed E-state index contributed by atoms with van der Waals surface area (Å²) in [6.45, 7) is 2.33. The summed E-state index contributed by atoms with van der Waals surface area (Å²) in [6.07, 6.45) is 2.40. The number of aromatic nitrogens is 1. The van der Waals surface area contributed by atoms with Crippen LogP contribution in [0, 0.1) is 0 Å². The molecule has 1 unspecified atom stereocenters. The molecule has 0 aliphatic rings. The molecule has 21 heavy (non-hydrogen) atoms. The van der Waals surface area contributed by atoms with Crippen molar-refractivity contribution in [1.29, 1.82) is 0 Å². The van der Waals surface area contributed by atoms with E-state index < -0.39 is 0 Å². The Morgan fingerprint density at radius 2 is 2.10 bits per heavy atom. The summed E-state index contributed by atoms with van der Waals surface area (Å²) in [5.74, 6) is 1.35. The zero-order valence-corrected chi connectivity index (χ0v) is 12.9. The highest BCUT2D eigenvalue weighted by Gasteiger charge is 2.09. The van der Waals surface area contributed by atoms with Crippen molar-refractivity contribution >= 4 is 11.6 Å². The Morgan fingerprint density at radius 1 is 1.29 bits per heavy atom. The van der Waals surface area contributed by atoms with Gasteiger partial charge in [0, 0.05) is 17.3 Å². The predicted octanol–water partition coefficient (Wildman–Crippen LogP) is 3.21. The van der Waals surface area contributed by atoms with Gasteiger partial charge in [-0.3, -0.25) is 0 Å². The first-order valence-corrected chi connectivity index (χ1v) is 7.12. The second kappa shape index (κ2) is 7.29. The standard InChI is InChI=1S/C16H19ClN2O2/c1-11(18)8-13-9-14(17)5-6-15(13)21-10-12-4-3-7-19-16(12)20-2/h3-7,9,11H,8,10,18H2,1-2H3. The van der Waals surface area contributed by atoms with Crippen molar-refractivity contribution in [1.82, 2.24) is 4.98 Å². The molecule has 1 atom stereocenters. The van der Waals surface area contributed by atoms with Gasteiger partial charge in [0.05, 0.1) is 12.7 Å². The van der Waals surface area contributed by atoms with E-state index in [0.29, 0.717) is 23.9 Å². The second-order valence-corrected chi connectivity index (χ2v) is 5.33. The van der Waals surface area contributed by atoms with Gasteiger partial charge in [0.2, 0.25) is 5.88 Å². The van der Waals surface area contributed by atoms with Crippen molar-refractivity contribution < 1.29 is 9.47 Å². The molecule has 0 fully saturated rings. The molecule has 2 N–H and O–H groups in total. The number of rotatable bonds is 6. The normalized spacial score (nSPS) is 12.0. The molecule has 0 saturated heterocycles. The quantitative estimate of drug-likeness (QED) is 0.890. The number of pyridine rings is 1. The maximum Gasteiger partial charge on any atom is 0.219 e. The zero-order valence-electron chi connectivity index (χ0n) is 12.2. The van der Waals surface area contributed by atoms with E-state index in [-0.39, 0.29) is 6.04 Å². The third-order valence-corrected chi connectivity index (χ3v) is 3.23. The van der Waals surface area contributed by atoms with Gasteiger partial charge in [0.15, 0.2) is 0 Å². The molecule has 1 heterocycles. The zero-order chi connectivity index (χ0) is 15.2. The van der Waals surface area contributed by atoms with Gasteiger partial charge in [-0.2, -0.15) is 0 Å². The van der Waals surface area contributed by atoms with Gasteiger partial charge in [-0.15, -0.1) is 0 Å². The van der Waals surface area contributed by atoms with Crippen LogP contribution in [0.3, 0.4) is 0 Å². The molecule has 0 radical (unpaired) electrons. The van der Waals surface area contributed by atoms with Crippen LogP contribution in [-0.4, -0.2) is 18.1 Å². The minimum Gasteiger partial charge on any atom is -0.488 e. The van der Waals surface area contributed by atoms with E-state index in [4.69, 9.17) is 26.8 Å². The highest BCUT2D eigenvalue weighted by atomic mass is 35.5. The van der Waals surface area contributed by atoms with Gasteiger partial charge >= 0.3 is 0 Å². The van der Waals surface area contributed by atoms with Crippen molar-refractivity contribution in [3.63, 3.8) is 0 Å². The molecule has 4 nitrogen and oxygen atoms in total. The van der Waals surface area contributed by atoms with Gasteiger partial charge < -0.3 is 15.2 Å². The molecule has 112 valence electrons. The molecule has 0 spiro atoms. The summed E-state index contributed by atoms with van der Waals surface area (Å²) in [6, 6.07) is 9.38. The lowest BCUT2D eigenvalue weighted by molar-refractivity contribution is 0.290. The number of halogens is 1. The predicted molar refractivity (Wildman–Crippen MR) is 83.9 cm³/mol. The maximum absolute atomic E-state index is 6.04. The number of nitrogens with two attached hydrogens (primary N) is 1. The fourth-order valence-corrected chi connectivity index (χ4v) is 2.26. The molecule has 0 bridgehead atoms. The van der Waals surface area contributed by atoms with Crippen LogP contribution in [0.5, 0.6) is 11.6 Å². The molecule has 0 aliphatic heterocycles. The van der Waals surface area contributed by atoms with E-state index in [9.17, 15) is 0 Å². The molecule has 1 aromatic carbocycles. The van der Waals surface area contributed by atoms with Crippen molar-refractivity contribution in [2.45, 2.75) is 26.0 Å². The number of benzene rings is 1. The highest BCUT2D eigenvalue weighted by molar-refractivity contribution is 6.30. The lowest BCUT2D eigenvalue weighted by Gasteiger charge is -2.14. The van der Waals surface area contributed by atoms with Crippen LogP contribution in [0.15, 0.2) is 36.5 Å². The van der Waals surface area contributed by atoms with E-state index in [1.54, 1.807) is 13.3 Å². The Kier molecular flexibility index (Phi) is 5.42. The Bertz CT molecular complexity index is 603. The largest absolute Gasteiger partial charge is 0.488 e. The first kappa shape index (κ1) is 15.6. The Hall–Kier alpha value is -1.78. The SMILES string of the molecule is COc1ncccc1COc1ccc(Cl)cc1CC(C)N. The highest BCUT2D eigenvalue weighted by Crippen LogP contribution is 2.26. The Labute approximate surface area is 129 Å². The van der Waals surface area contributed by atoms with E-state index >= 15 is 0 Å². The summed E-state index contributed by atoms with van der Waals surface area (Å²) in [5.41, 5.74) is 7.76. The third kappa shape index (κ3) is 4.34. The maximum atomic E-state index is 6.04. The van der Waals surface area contributed by atoms with Crippen LogP contribution < -0.4 is 15.2 Å². The van der Waals surface area contributed by atoms with E-state index in [1.807, 2.05) is 37.3 Å².